The lowest BCUT2D eigenvalue weighted by Gasteiger charge is -2.15. The predicted molar refractivity (Wildman–Crippen MR) is 139 cm³/mol. The Hall–Kier alpha value is -4.36. The number of aliphatic carboxylic acids is 1. The standard InChI is InChI=1S/C28H22N4O2S/c1-19-29-28(31-30-19)35-25(27(33)34)18-22-17-24(20-11-5-2-6-12-20)32(23-15-9-4-10-16-23)26(22)21-13-7-3-8-14-21/h2-18H,1H3,(H,33,34)(H,29,30,31)/b25-18-. The average molecular weight is 479 g/mol. The smallest absolute Gasteiger partial charge is 0.342 e. The van der Waals surface area contributed by atoms with Gasteiger partial charge in [-0.15, -0.1) is 5.10 Å². The molecule has 7 heteroatoms. The molecule has 35 heavy (non-hydrogen) atoms. The third-order valence-electron chi connectivity index (χ3n) is 5.44. The normalized spacial score (nSPS) is 11.5. The van der Waals surface area contributed by atoms with E-state index < -0.39 is 5.97 Å². The van der Waals surface area contributed by atoms with Crippen molar-refractivity contribution in [1.29, 1.82) is 0 Å². The zero-order chi connectivity index (χ0) is 24.2. The lowest BCUT2D eigenvalue weighted by atomic mass is 10.1. The van der Waals surface area contributed by atoms with Crippen LogP contribution in [0.2, 0.25) is 0 Å². The van der Waals surface area contributed by atoms with E-state index >= 15 is 0 Å². The number of nitrogens with zero attached hydrogens (tertiary/aromatic N) is 3. The Balaban J connectivity index is 1.78. The van der Waals surface area contributed by atoms with Gasteiger partial charge in [0.15, 0.2) is 0 Å². The molecule has 0 bridgehead atoms. The predicted octanol–water partition coefficient (Wildman–Crippen LogP) is 6.46. The number of carboxylic acid groups (broad SMARTS) is 1. The number of aromatic amines is 1. The van der Waals surface area contributed by atoms with Crippen LogP contribution in [0.3, 0.4) is 0 Å². The SMILES string of the molecule is Cc1nc(S/C(=C\c2cc(-c3ccccc3)n(-c3ccccc3)c2-c2ccccc2)C(=O)O)n[nH]1. The molecule has 5 rings (SSSR count). The Morgan fingerprint density at radius 1 is 0.914 bits per heavy atom. The fraction of sp³-hybridized carbons (Fsp3) is 0.0357. The molecule has 0 aliphatic heterocycles. The number of para-hydroxylation sites is 1. The highest BCUT2D eigenvalue weighted by atomic mass is 32.2. The van der Waals surface area contributed by atoms with Crippen LogP contribution >= 0.6 is 11.8 Å². The van der Waals surface area contributed by atoms with Crippen molar-refractivity contribution in [3.63, 3.8) is 0 Å². The van der Waals surface area contributed by atoms with Crippen LogP contribution in [-0.2, 0) is 4.79 Å². The van der Waals surface area contributed by atoms with Gasteiger partial charge in [0.25, 0.3) is 0 Å². The molecule has 3 aromatic carbocycles. The fourth-order valence-electron chi connectivity index (χ4n) is 3.94. The minimum atomic E-state index is -1.04. The van der Waals surface area contributed by atoms with Gasteiger partial charge in [-0.25, -0.2) is 9.78 Å². The van der Waals surface area contributed by atoms with Crippen molar-refractivity contribution >= 4 is 23.8 Å². The Kier molecular flexibility index (Phi) is 6.32. The first-order valence-corrected chi connectivity index (χ1v) is 11.9. The Morgan fingerprint density at radius 2 is 1.51 bits per heavy atom. The number of nitrogens with one attached hydrogen (secondary N) is 1. The van der Waals surface area contributed by atoms with Gasteiger partial charge in [0, 0.05) is 11.3 Å². The van der Waals surface area contributed by atoms with Gasteiger partial charge in [-0.1, -0.05) is 78.9 Å². The molecule has 6 nitrogen and oxygen atoms in total. The van der Waals surface area contributed by atoms with E-state index in [1.165, 1.54) is 0 Å². The summed E-state index contributed by atoms with van der Waals surface area (Å²) in [6.45, 7) is 1.78. The van der Waals surface area contributed by atoms with Crippen LogP contribution in [0.1, 0.15) is 11.4 Å². The summed E-state index contributed by atoms with van der Waals surface area (Å²) in [6, 6.07) is 32.2. The largest absolute Gasteiger partial charge is 0.477 e. The first kappa shape index (κ1) is 22.4. The van der Waals surface area contributed by atoms with Crippen LogP contribution in [-0.4, -0.2) is 30.8 Å². The van der Waals surface area contributed by atoms with E-state index in [1.54, 1.807) is 13.0 Å². The van der Waals surface area contributed by atoms with Crippen LogP contribution < -0.4 is 0 Å². The zero-order valence-electron chi connectivity index (χ0n) is 18.9. The number of benzene rings is 3. The molecule has 0 saturated heterocycles. The summed E-state index contributed by atoms with van der Waals surface area (Å²) in [5.41, 5.74) is 5.65. The molecule has 172 valence electrons. The van der Waals surface area contributed by atoms with E-state index in [-0.39, 0.29) is 4.91 Å². The Bertz CT molecular complexity index is 1490. The van der Waals surface area contributed by atoms with Crippen molar-refractivity contribution in [1.82, 2.24) is 19.7 Å². The lowest BCUT2D eigenvalue weighted by Crippen LogP contribution is -2.00. The highest BCUT2D eigenvalue weighted by Gasteiger charge is 2.21. The zero-order valence-corrected chi connectivity index (χ0v) is 19.7. The van der Waals surface area contributed by atoms with Gasteiger partial charge < -0.3 is 9.67 Å². The summed E-state index contributed by atoms with van der Waals surface area (Å²) in [4.78, 5) is 16.6. The number of hydrogen-bond donors (Lipinski definition) is 2. The molecular weight excluding hydrogens is 456 g/mol. The maximum atomic E-state index is 12.2. The molecular formula is C28H22N4O2S. The summed E-state index contributed by atoms with van der Waals surface area (Å²) in [6.07, 6.45) is 1.70. The number of carbonyl (C=O) groups is 1. The van der Waals surface area contributed by atoms with Crippen molar-refractivity contribution in [3.05, 3.63) is 113 Å². The maximum Gasteiger partial charge on any atom is 0.342 e. The van der Waals surface area contributed by atoms with Crippen LogP contribution in [0.15, 0.2) is 107 Å². The second-order valence-electron chi connectivity index (χ2n) is 7.86. The second-order valence-corrected chi connectivity index (χ2v) is 8.86. The summed E-state index contributed by atoms with van der Waals surface area (Å²) in [7, 11) is 0. The minimum absolute atomic E-state index is 0.131. The molecule has 0 fully saturated rings. The van der Waals surface area contributed by atoms with Gasteiger partial charge in [-0.05, 0) is 54.1 Å². The number of aryl methyl sites for hydroxylation is 1. The van der Waals surface area contributed by atoms with Gasteiger partial charge in [0.2, 0.25) is 5.16 Å². The number of carboxylic acids is 1. The van der Waals surface area contributed by atoms with Crippen LogP contribution in [0.5, 0.6) is 0 Å². The molecule has 0 radical (unpaired) electrons. The molecule has 5 aromatic rings. The van der Waals surface area contributed by atoms with Gasteiger partial charge in [-0.2, -0.15) is 0 Å². The Labute approximate surface area is 207 Å². The Morgan fingerprint density at radius 3 is 2.09 bits per heavy atom. The highest BCUT2D eigenvalue weighted by molar-refractivity contribution is 8.04. The van der Waals surface area contributed by atoms with E-state index in [4.69, 9.17) is 0 Å². The van der Waals surface area contributed by atoms with E-state index in [0.717, 1.165) is 45.5 Å². The van der Waals surface area contributed by atoms with Crippen molar-refractivity contribution < 1.29 is 9.90 Å². The first-order valence-electron chi connectivity index (χ1n) is 11.0. The van der Waals surface area contributed by atoms with E-state index in [1.807, 2.05) is 72.8 Å². The molecule has 0 aliphatic rings. The van der Waals surface area contributed by atoms with Crippen LogP contribution in [0.4, 0.5) is 0 Å². The number of hydrogen-bond acceptors (Lipinski definition) is 4. The van der Waals surface area contributed by atoms with Crippen molar-refractivity contribution in [2.24, 2.45) is 0 Å². The first-order chi connectivity index (χ1) is 17.1. The lowest BCUT2D eigenvalue weighted by molar-refractivity contribution is -0.131. The third kappa shape index (κ3) is 4.81. The van der Waals surface area contributed by atoms with E-state index in [2.05, 4.69) is 44.0 Å². The van der Waals surface area contributed by atoms with Crippen LogP contribution in [0, 0.1) is 6.92 Å². The van der Waals surface area contributed by atoms with Gasteiger partial charge >= 0.3 is 5.97 Å². The van der Waals surface area contributed by atoms with Crippen LogP contribution in [0.25, 0.3) is 34.3 Å². The van der Waals surface area contributed by atoms with Crippen molar-refractivity contribution in [2.75, 3.05) is 0 Å². The molecule has 0 aliphatic carbocycles. The third-order valence-corrected chi connectivity index (χ3v) is 6.31. The number of rotatable bonds is 7. The molecule has 0 atom stereocenters. The van der Waals surface area contributed by atoms with E-state index in [0.29, 0.717) is 11.0 Å². The molecule has 0 spiro atoms. The minimum Gasteiger partial charge on any atom is -0.477 e. The summed E-state index contributed by atoms with van der Waals surface area (Å²) >= 11 is 1.02. The molecule has 2 aromatic heterocycles. The second kappa shape index (κ2) is 9.87. The van der Waals surface area contributed by atoms with Gasteiger partial charge in [0.1, 0.15) is 10.7 Å². The number of aromatic nitrogens is 4. The van der Waals surface area contributed by atoms with Crippen molar-refractivity contribution in [3.8, 4) is 28.2 Å². The maximum absolute atomic E-state index is 12.2. The monoisotopic (exact) mass is 478 g/mol. The molecule has 2 heterocycles. The van der Waals surface area contributed by atoms with Crippen molar-refractivity contribution in [2.45, 2.75) is 12.1 Å². The summed E-state index contributed by atoms with van der Waals surface area (Å²) < 4.78 is 2.18. The number of H-pyrrole nitrogens is 1. The molecule has 0 amide bonds. The molecule has 2 N–H and O–H groups in total. The van der Waals surface area contributed by atoms with Gasteiger partial charge in [-0.3, -0.25) is 5.10 Å². The topological polar surface area (TPSA) is 83.8 Å². The quantitative estimate of drug-likeness (QED) is 0.207. The summed E-state index contributed by atoms with van der Waals surface area (Å²) in [5.74, 6) is -0.408. The molecule has 0 saturated carbocycles. The highest BCUT2D eigenvalue weighted by Crippen LogP contribution is 2.38. The fourth-order valence-corrected chi connectivity index (χ4v) is 4.68. The number of thioether (sulfide) groups is 1. The summed E-state index contributed by atoms with van der Waals surface area (Å²) in [5, 5.41) is 17.2. The average Bonchev–Trinajstić information content (AvgIpc) is 3.48. The molecule has 0 unspecified atom stereocenters. The van der Waals surface area contributed by atoms with Gasteiger partial charge in [0.05, 0.1) is 11.4 Å². The van der Waals surface area contributed by atoms with E-state index in [9.17, 15) is 9.90 Å².